The molecule has 0 unspecified atom stereocenters. The van der Waals surface area contributed by atoms with E-state index in [1.165, 1.54) is 0 Å². The van der Waals surface area contributed by atoms with Crippen molar-refractivity contribution in [2.24, 2.45) is 0 Å². The molecule has 5 heteroatoms. The van der Waals surface area contributed by atoms with E-state index in [2.05, 4.69) is 28.8 Å². The van der Waals surface area contributed by atoms with Crippen molar-refractivity contribution in [1.29, 1.82) is 0 Å². The Balaban J connectivity index is 1.70. The van der Waals surface area contributed by atoms with Crippen LogP contribution in [-0.4, -0.2) is 20.9 Å². The number of carboxylic acids is 1. The van der Waals surface area contributed by atoms with Gasteiger partial charge in [-0.3, -0.25) is 9.48 Å². The topological polar surface area (TPSA) is 64.3 Å². The molecule has 0 radical (unpaired) electrons. The molecule has 0 aliphatic carbocycles. The summed E-state index contributed by atoms with van der Waals surface area (Å²) in [6.45, 7) is 5.47. The maximum Gasteiger partial charge on any atom is 0.304 e. The maximum atomic E-state index is 11.1. The molecule has 3 rings (SSSR count). The normalized spacial score (nSPS) is 12.5. The fourth-order valence-corrected chi connectivity index (χ4v) is 3.46. The van der Waals surface area contributed by atoms with Gasteiger partial charge in [0.15, 0.2) is 0 Å². The summed E-state index contributed by atoms with van der Waals surface area (Å²) in [5.41, 5.74) is 3.21. The van der Waals surface area contributed by atoms with Crippen molar-refractivity contribution in [2.45, 2.75) is 52.2 Å². The van der Waals surface area contributed by atoms with Crippen LogP contribution < -0.4 is 4.74 Å². The second kappa shape index (κ2) is 9.92. The number of carbonyl (C=O) groups is 1. The predicted octanol–water partition coefficient (Wildman–Crippen LogP) is 5.55. The molecule has 1 N–H and O–H groups in total. The van der Waals surface area contributed by atoms with E-state index in [4.69, 9.17) is 9.84 Å². The second-order valence-corrected chi connectivity index (χ2v) is 7.16. The first-order valence-electron chi connectivity index (χ1n) is 10.1. The fraction of sp³-hybridized carbons (Fsp3) is 0.333. The Labute approximate surface area is 171 Å². The van der Waals surface area contributed by atoms with Crippen LogP contribution in [0.5, 0.6) is 5.75 Å². The molecule has 29 heavy (non-hydrogen) atoms. The number of carboxylic acid groups (broad SMARTS) is 1. The van der Waals surface area contributed by atoms with Crippen molar-refractivity contribution in [3.8, 4) is 5.75 Å². The Morgan fingerprint density at radius 1 is 1.24 bits per heavy atom. The van der Waals surface area contributed by atoms with E-state index in [0.29, 0.717) is 6.61 Å². The first-order valence-corrected chi connectivity index (χ1v) is 10.1. The molecule has 0 amide bonds. The molecule has 0 fully saturated rings. The van der Waals surface area contributed by atoms with Crippen molar-refractivity contribution in [1.82, 2.24) is 9.78 Å². The van der Waals surface area contributed by atoms with Crippen molar-refractivity contribution >= 4 is 16.9 Å². The van der Waals surface area contributed by atoms with Crippen LogP contribution >= 0.6 is 0 Å². The quantitative estimate of drug-likeness (QED) is 0.460. The van der Waals surface area contributed by atoms with Gasteiger partial charge in [0.2, 0.25) is 0 Å². The lowest BCUT2D eigenvalue weighted by Gasteiger charge is -2.12. The number of hydrogen-bond donors (Lipinski definition) is 1. The fourth-order valence-electron chi connectivity index (χ4n) is 3.46. The Hall–Kier alpha value is -3.08. The van der Waals surface area contributed by atoms with Gasteiger partial charge in [0.05, 0.1) is 18.1 Å². The van der Waals surface area contributed by atoms with E-state index in [9.17, 15) is 4.79 Å². The predicted molar refractivity (Wildman–Crippen MR) is 115 cm³/mol. The number of aryl methyl sites for hydroxylation is 1. The van der Waals surface area contributed by atoms with Crippen LogP contribution in [0.4, 0.5) is 0 Å². The second-order valence-electron chi connectivity index (χ2n) is 7.16. The molecule has 2 aromatic carbocycles. The third-order valence-corrected chi connectivity index (χ3v) is 5.02. The molecule has 5 nitrogen and oxygen atoms in total. The highest BCUT2D eigenvalue weighted by Gasteiger charge is 2.13. The standard InChI is InChI=1S/C24H28N2O3/c1-3-5-14-26-23-9-6-8-20(22(23)16-25-26)17-29-21-12-10-18(11-13-21)19(7-4-2)15-24(27)28/h4,6-13,16,19H,3,5,14-15,17H2,1-2H3,(H,27,28)/t19-/m1/s1. The minimum atomic E-state index is -0.805. The first-order chi connectivity index (χ1) is 14.1. The minimum absolute atomic E-state index is 0.0779. The van der Waals surface area contributed by atoms with E-state index in [0.717, 1.165) is 47.2 Å². The molecule has 0 aliphatic heterocycles. The molecule has 0 aliphatic rings. The number of unbranched alkanes of at least 4 members (excludes halogenated alkanes) is 1. The van der Waals surface area contributed by atoms with E-state index < -0.39 is 5.97 Å². The van der Waals surface area contributed by atoms with Gasteiger partial charge in [0.1, 0.15) is 12.4 Å². The lowest BCUT2D eigenvalue weighted by atomic mass is 9.95. The Morgan fingerprint density at radius 3 is 2.72 bits per heavy atom. The van der Waals surface area contributed by atoms with Crippen LogP contribution in [0.15, 0.2) is 60.8 Å². The number of nitrogens with zero attached hydrogens (tertiary/aromatic N) is 2. The lowest BCUT2D eigenvalue weighted by Crippen LogP contribution is -2.04. The van der Waals surface area contributed by atoms with Crippen molar-refractivity contribution in [3.05, 3.63) is 71.9 Å². The van der Waals surface area contributed by atoms with Crippen molar-refractivity contribution < 1.29 is 14.6 Å². The average molecular weight is 392 g/mol. The van der Waals surface area contributed by atoms with Gasteiger partial charge in [-0.1, -0.05) is 49.8 Å². The highest BCUT2D eigenvalue weighted by molar-refractivity contribution is 5.82. The van der Waals surface area contributed by atoms with E-state index in [-0.39, 0.29) is 12.3 Å². The Bertz CT molecular complexity index is 973. The molecule has 3 aromatic rings. The first kappa shape index (κ1) is 20.6. The van der Waals surface area contributed by atoms with Crippen molar-refractivity contribution in [2.75, 3.05) is 0 Å². The van der Waals surface area contributed by atoms with Gasteiger partial charge in [-0.2, -0.15) is 5.10 Å². The molecular weight excluding hydrogens is 364 g/mol. The Morgan fingerprint density at radius 2 is 2.03 bits per heavy atom. The molecule has 0 spiro atoms. The number of hydrogen-bond acceptors (Lipinski definition) is 3. The number of aromatic nitrogens is 2. The summed E-state index contributed by atoms with van der Waals surface area (Å²) in [5.74, 6) is -0.172. The number of fused-ring (bicyclic) bond motifs is 1. The van der Waals surface area contributed by atoms with E-state index in [1.807, 2.05) is 55.6 Å². The SMILES string of the molecule is CC=C[C@H](CC(=O)O)c1ccc(OCc2cccc3c2cnn3CCCC)cc1. The maximum absolute atomic E-state index is 11.1. The van der Waals surface area contributed by atoms with Crippen LogP contribution in [-0.2, 0) is 17.9 Å². The third kappa shape index (κ3) is 5.25. The van der Waals surface area contributed by atoms with Gasteiger partial charge >= 0.3 is 5.97 Å². The average Bonchev–Trinajstić information content (AvgIpc) is 3.14. The number of allylic oxidation sites excluding steroid dienone is 2. The highest BCUT2D eigenvalue weighted by Crippen LogP contribution is 2.25. The van der Waals surface area contributed by atoms with Crippen LogP contribution in [0, 0.1) is 0 Å². The van der Waals surface area contributed by atoms with Gasteiger partial charge in [0, 0.05) is 23.4 Å². The summed E-state index contributed by atoms with van der Waals surface area (Å²) in [6.07, 6.45) is 8.05. The molecular formula is C24H28N2O3. The number of aliphatic carboxylic acids is 1. The van der Waals surface area contributed by atoms with Gasteiger partial charge in [0.25, 0.3) is 0 Å². The van der Waals surface area contributed by atoms with Crippen LogP contribution in [0.25, 0.3) is 10.9 Å². The summed E-state index contributed by atoms with van der Waals surface area (Å²) in [7, 11) is 0. The Kier molecular flexibility index (Phi) is 7.06. The van der Waals surface area contributed by atoms with Crippen LogP contribution in [0.1, 0.15) is 50.2 Å². The summed E-state index contributed by atoms with van der Waals surface area (Å²) < 4.78 is 8.05. The molecule has 0 bridgehead atoms. The third-order valence-electron chi connectivity index (χ3n) is 5.02. The zero-order valence-electron chi connectivity index (χ0n) is 17.0. The van der Waals surface area contributed by atoms with Crippen molar-refractivity contribution in [3.63, 3.8) is 0 Å². The molecule has 1 atom stereocenters. The number of benzene rings is 2. The summed E-state index contributed by atoms with van der Waals surface area (Å²) in [6, 6.07) is 13.9. The minimum Gasteiger partial charge on any atom is -0.489 e. The summed E-state index contributed by atoms with van der Waals surface area (Å²) in [5, 5.41) is 14.8. The number of ether oxygens (including phenoxy) is 1. The highest BCUT2D eigenvalue weighted by atomic mass is 16.5. The van der Waals surface area contributed by atoms with E-state index >= 15 is 0 Å². The monoisotopic (exact) mass is 392 g/mol. The largest absolute Gasteiger partial charge is 0.489 e. The molecule has 152 valence electrons. The van der Waals surface area contributed by atoms with Crippen LogP contribution in [0.3, 0.4) is 0 Å². The molecule has 1 aromatic heterocycles. The van der Waals surface area contributed by atoms with Crippen LogP contribution in [0.2, 0.25) is 0 Å². The summed E-state index contributed by atoms with van der Waals surface area (Å²) in [4.78, 5) is 11.1. The molecule has 1 heterocycles. The zero-order chi connectivity index (χ0) is 20.6. The lowest BCUT2D eigenvalue weighted by molar-refractivity contribution is -0.137. The molecule has 0 saturated heterocycles. The number of rotatable bonds is 10. The summed E-state index contributed by atoms with van der Waals surface area (Å²) >= 11 is 0. The van der Waals surface area contributed by atoms with Gasteiger partial charge in [-0.25, -0.2) is 0 Å². The van der Waals surface area contributed by atoms with E-state index in [1.54, 1.807) is 0 Å². The van der Waals surface area contributed by atoms with Gasteiger partial charge in [-0.15, -0.1) is 0 Å². The van der Waals surface area contributed by atoms with Gasteiger partial charge < -0.3 is 9.84 Å². The zero-order valence-corrected chi connectivity index (χ0v) is 17.0. The smallest absolute Gasteiger partial charge is 0.304 e. The molecule has 0 saturated carbocycles. The van der Waals surface area contributed by atoms with Gasteiger partial charge in [-0.05, 0) is 37.1 Å².